The number of nitrogens with zero attached hydrogens (tertiary/aromatic N) is 2. The molecule has 0 N–H and O–H groups in total. The highest BCUT2D eigenvalue weighted by atomic mass is 16.5. The lowest BCUT2D eigenvalue weighted by Crippen LogP contribution is -1.99. The van der Waals surface area contributed by atoms with Crippen LogP contribution in [0.4, 0.5) is 0 Å². The first-order valence-electron chi connectivity index (χ1n) is 7.02. The number of rotatable bonds is 6. The quantitative estimate of drug-likeness (QED) is 0.606. The highest BCUT2D eigenvalue weighted by molar-refractivity contribution is 5.87. The summed E-state index contributed by atoms with van der Waals surface area (Å²) in [6, 6.07) is 7.41. The lowest BCUT2D eigenvalue weighted by Gasteiger charge is -2.05. The van der Waals surface area contributed by atoms with E-state index in [1.54, 1.807) is 25.4 Å². The third kappa shape index (κ3) is 5.01. The topological polar surface area (TPSA) is 61.3 Å². The number of hydrogen-bond donors (Lipinski definition) is 0. The maximum atomic E-state index is 11.2. The maximum absolute atomic E-state index is 11.2. The van der Waals surface area contributed by atoms with Crippen LogP contribution >= 0.6 is 0 Å². The molecule has 2 rings (SSSR count). The monoisotopic (exact) mass is 298 g/mol. The highest BCUT2D eigenvalue weighted by Gasteiger charge is 1.99. The summed E-state index contributed by atoms with van der Waals surface area (Å²) in [6.45, 7) is 4.40. The number of esters is 1. The van der Waals surface area contributed by atoms with Crippen LogP contribution in [0.3, 0.4) is 0 Å². The van der Waals surface area contributed by atoms with Crippen molar-refractivity contribution in [2.75, 3.05) is 6.61 Å². The van der Waals surface area contributed by atoms with Crippen LogP contribution < -0.4 is 4.74 Å². The van der Waals surface area contributed by atoms with Crippen molar-refractivity contribution in [3.05, 3.63) is 59.7 Å². The van der Waals surface area contributed by atoms with E-state index in [0.29, 0.717) is 13.2 Å². The van der Waals surface area contributed by atoms with Gasteiger partial charge in [-0.2, -0.15) is 0 Å². The van der Waals surface area contributed by atoms with E-state index in [9.17, 15) is 4.79 Å². The van der Waals surface area contributed by atoms with Crippen LogP contribution in [0.2, 0.25) is 0 Å². The first-order valence-corrected chi connectivity index (χ1v) is 7.02. The fraction of sp³-hybridized carbons (Fsp3) is 0.235. The SMILES string of the molecule is CCOC(=O)/C=C/c1ccc(OCc2cnc(C)cn2)cc1. The normalized spacial score (nSPS) is 10.6. The number of aromatic nitrogens is 2. The fourth-order valence-electron chi connectivity index (χ4n) is 1.68. The Morgan fingerprint density at radius 1 is 1.18 bits per heavy atom. The Morgan fingerprint density at radius 2 is 1.95 bits per heavy atom. The Kier molecular flexibility index (Phi) is 5.65. The molecule has 0 bridgehead atoms. The molecular formula is C17H18N2O3. The van der Waals surface area contributed by atoms with Crippen molar-refractivity contribution < 1.29 is 14.3 Å². The third-order valence-corrected chi connectivity index (χ3v) is 2.80. The molecule has 1 aromatic heterocycles. The van der Waals surface area contributed by atoms with Crippen molar-refractivity contribution >= 4 is 12.0 Å². The Bertz CT molecular complexity index is 634. The van der Waals surface area contributed by atoms with Gasteiger partial charge in [0.25, 0.3) is 0 Å². The minimum Gasteiger partial charge on any atom is -0.487 e. The van der Waals surface area contributed by atoms with Crippen LogP contribution in [-0.4, -0.2) is 22.5 Å². The molecule has 0 unspecified atom stereocenters. The Hall–Kier alpha value is -2.69. The van der Waals surface area contributed by atoms with Crippen LogP contribution in [0.25, 0.3) is 6.08 Å². The Balaban J connectivity index is 1.89. The van der Waals surface area contributed by atoms with Crippen molar-refractivity contribution in [3.63, 3.8) is 0 Å². The molecule has 0 atom stereocenters. The minimum absolute atomic E-state index is 0.347. The second-order valence-corrected chi connectivity index (χ2v) is 4.59. The van der Waals surface area contributed by atoms with Gasteiger partial charge >= 0.3 is 5.97 Å². The second kappa shape index (κ2) is 7.93. The molecule has 5 heteroatoms. The van der Waals surface area contributed by atoms with Crippen molar-refractivity contribution in [2.45, 2.75) is 20.5 Å². The molecule has 114 valence electrons. The summed E-state index contributed by atoms with van der Waals surface area (Å²) >= 11 is 0. The summed E-state index contributed by atoms with van der Waals surface area (Å²) in [5.74, 6) is 0.386. The number of aryl methyl sites for hydroxylation is 1. The lowest BCUT2D eigenvalue weighted by molar-refractivity contribution is -0.137. The molecule has 1 aromatic carbocycles. The van der Waals surface area contributed by atoms with E-state index in [0.717, 1.165) is 22.7 Å². The lowest BCUT2D eigenvalue weighted by atomic mass is 10.2. The highest BCUT2D eigenvalue weighted by Crippen LogP contribution is 2.14. The molecule has 0 amide bonds. The standard InChI is InChI=1S/C17H18N2O3/c1-3-21-17(20)9-6-14-4-7-16(8-5-14)22-12-15-11-18-13(2)10-19-15/h4-11H,3,12H2,1-2H3/b9-6+. The van der Waals surface area contributed by atoms with Gasteiger partial charge in [-0.05, 0) is 37.6 Å². The van der Waals surface area contributed by atoms with Crippen LogP contribution in [0.15, 0.2) is 42.7 Å². The zero-order valence-corrected chi connectivity index (χ0v) is 12.7. The van der Waals surface area contributed by atoms with E-state index in [4.69, 9.17) is 9.47 Å². The number of ether oxygens (including phenoxy) is 2. The molecular weight excluding hydrogens is 280 g/mol. The average molecular weight is 298 g/mol. The van der Waals surface area contributed by atoms with Crippen molar-refractivity contribution in [2.24, 2.45) is 0 Å². The molecule has 1 heterocycles. The van der Waals surface area contributed by atoms with Gasteiger partial charge in [-0.3, -0.25) is 9.97 Å². The summed E-state index contributed by atoms with van der Waals surface area (Å²) in [5.41, 5.74) is 2.55. The van der Waals surface area contributed by atoms with Gasteiger partial charge in [-0.25, -0.2) is 4.79 Å². The van der Waals surface area contributed by atoms with Crippen LogP contribution in [-0.2, 0) is 16.1 Å². The molecule has 0 spiro atoms. The molecule has 0 saturated carbocycles. The molecule has 5 nitrogen and oxygen atoms in total. The van der Waals surface area contributed by atoms with Gasteiger partial charge in [0.2, 0.25) is 0 Å². The Labute approximate surface area is 129 Å². The van der Waals surface area contributed by atoms with Crippen LogP contribution in [0.1, 0.15) is 23.9 Å². The molecule has 2 aromatic rings. The molecule has 0 aliphatic heterocycles. The van der Waals surface area contributed by atoms with Crippen LogP contribution in [0.5, 0.6) is 5.75 Å². The third-order valence-electron chi connectivity index (χ3n) is 2.80. The van der Waals surface area contributed by atoms with E-state index in [1.807, 2.05) is 31.2 Å². The van der Waals surface area contributed by atoms with E-state index in [-0.39, 0.29) is 5.97 Å². The van der Waals surface area contributed by atoms with E-state index >= 15 is 0 Å². The second-order valence-electron chi connectivity index (χ2n) is 4.59. The van der Waals surface area contributed by atoms with E-state index in [1.165, 1.54) is 6.08 Å². The van der Waals surface area contributed by atoms with Gasteiger partial charge in [0.1, 0.15) is 12.4 Å². The Morgan fingerprint density at radius 3 is 2.59 bits per heavy atom. The van der Waals surface area contributed by atoms with Gasteiger partial charge in [-0.1, -0.05) is 12.1 Å². The predicted octanol–water partition coefficient (Wildman–Crippen LogP) is 2.94. The zero-order chi connectivity index (χ0) is 15.8. The first-order chi connectivity index (χ1) is 10.7. The molecule has 22 heavy (non-hydrogen) atoms. The zero-order valence-electron chi connectivity index (χ0n) is 12.7. The largest absolute Gasteiger partial charge is 0.487 e. The fourth-order valence-corrected chi connectivity index (χ4v) is 1.68. The van der Waals surface area contributed by atoms with Gasteiger partial charge in [0.15, 0.2) is 0 Å². The maximum Gasteiger partial charge on any atom is 0.330 e. The molecule has 0 aliphatic carbocycles. The molecule has 0 saturated heterocycles. The average Bonchev–Trinajstić information content (AvgIpc) is 2.54. The summed E-state index contributed by atoms with van der Waals surface area (Å²) in [5, 5.41) is 0. The summed E-state index contributed by atoms with van der Waals surface area (Å²) in [6.07, 6.45) is 6.52. The van der Waals surface area contributed by atoms with Gasteiger partial charge < -0.3 is 9.47 Å². The minimum atomic E-state index is -0.347. The van der Waals surface area contributed by atoms with Crippen LogP contribution in [0, 0.1) is 6.92 Å². The van der Waals surface area contributed by atoms with Crippen molar-refractivity contribution in [1.29, 1.82) is 0 Å². The number of hydrogen-bond acceptors (Lipinski definition) is 5. The van der Waals surface area contributed by atoms with E-state index < -0.39 is 0 Å². The first kappa shape index (κ1) is 15.7. The van der Waals surface area contributed by atoms with Gasteiger partial charge in [-0.15, -0.1) is 0 Å². The smallest absolute Gasteiger partial charge is 0.330 e. The van der Waals surface area contributed by atoms with Crippen molar-refractivity contribution in [3.8, 4) is 5.75 Å². The number of carbonyl (C=O) groups is 1. The van der Waals surface area contributed by atoms with Gasteiger partial charge in [0.05, 0.1) is 24.2 Å². The number of carbonyl (C=O) groups excluding carboxylic acids is 1. The number of benzene rings is 1. The summed E-state index contributed by atoms with van der Waals surface area (Å²) in [7, 11) is 0. The summed E-state index contributed by atoms with van der Waals surface area (Å²) < 4.78 is 10.5. The molecule has 0 aliphatic rings. The summed E-state index contributed by atoms with van der Waals surface area (Å²) in [4.78, 5) is 19.6. The predicted molar refractivity (Wildman–Crippen MR) is 83.2 cm³/mol. The van der Waals surface area contributed by atoms with Gasteiger partial charge in [0, 0.05) is 12.3 Å². The van der Waals surface area contributed by atoms with E-state index in [2.05, 4.69) is 9.97 Å². The molecule has 0 radical (unpaired) electrons. The van der Waals surface area contributed by atoms with Crippen molar-refractivity contribution in [1.82, 2.24) is 9.97 Å². The molecule has 0 fully saturated rings.